The minimum atomic E-state index is -1.41. The van der Waals surface area contributed by atoms with Gasteiger partial charge in [0.05, 0.1) is 25.2 Å². The van der Waals surface area contributed by atoms with Crippen molar-refractivity contribution in [1.82, 2.24) is 0 Å². The Morgan fingerprint density at radius 2 is 1.41 bits per heavy atom. The van der Waals surface area contributed by atoms with Crippen molar-refractivity contribution in [3.63, 3.8) is 0 Å². The highest BCUT2D eigenvalue weighted by Gasteiger charge is 2.57. The first-order valence-electron chi connectivity index (χ1n) is 13.0. The van der Waals surface area contributed by atoms with E-state index < -0.39 is 11.2 Å². The number of carbonyl (C=O) groups excluding carboxylic acids is 1. The molecule has 0 N–H and O–H groups in total. The second-order valence-electron chi connectivity index (χ2n) is 10.8. The molecule has 34 heavy (non-hydrogen) atoms. The predicted molar refractivity (Wildman–Crippen MR) is 134 cm³/mol. The number of ether oxygens (including phenoxy) is 2. The Morgan fingerprint density at radius 1 is 0.912 bits per heavy atom. The first-order valence-corrected chi connectivity index (χ1v) is 13.4. The topological polar surface area (TPSA) is 35.5 Å². The maximum absolute atomic E-state index is 14.2. The van der Waals surface area contributed by atoms with E-state index in [1.54, 1.807) is 0 Å². The second-order valence-corrected chi connectivity index (χ2v) is 11.2. The molecule has 5 rings (SSSR count). The Hall–Kier alpha value is -1.88. The van der Waals surface area contributed by atoms with Gasteiger partial charge in [-0.1, -0.05) is 86.1 Å². The van der Waals surface area contributed by atoms with Gasteiger partial charge in [0.15, 0.2) is 0 Å². The van der Waals surface area contributed by atoms with Crippen LogP contribution in [0.2, 0.25) is 0 Å². The number of hydrogen-bond donors (Lipinski definition) is 0. The van der Waals surface area contributed by atoms with Crippen molar-refractivity contribution >= 4 is 17.6 Å². The van der Waals surface area contributed by atoms with Gasteiger partial charge < -0.3 is 14.0 Å². The standard InChI is InChI=1S/C29H37ClNO3/c1-21(2)27(30)34-29(22-11-5-3-6-12-22,23-13-7-4-8-14-23)28(32)33-26-19-24-15-16-25(20-26)31(24)17-9-10-18-31/h3-8,11-14,21,24-27H,9-10,15-20H2,1-2H3/q+1. The molecule has 5 heteroatoms. The molecule has 3 aliphatic rings. The van der Waals surface area contributed by atoms with Crippen LogP contribution in [0.4, 0.5) is 0 Å². The van der Waals surface area contributed by atoms with Crippen molar-refractivity contribution < 1.29 is 18.8 Å². The molecule has 3 heterocycles. The molecular weight excluding hydrogens is 446 g/mol. The zero-order chi connectivity index (χ0) is 23.8. The molecule has 2 aromatic carbocycles. The summed E-state index contributed by atoms with van der Waals surface area (Å²) in [6.07, 6.45) is 7.03. The third kappa shape index (κ3) is 4.08. The van der Waals surface area contributed by atoms with Crippen molar-refractivity contribution in [1.29, 1.82) is 0 Å². The highest BCUT2D eigenvalue weighted by molar-refractivity contribution is 6.20. The van der Waals surface area contributed by atoms with Crippen LogP contribution in [0, 0.1) is 5.92 Å². The summed E-state index contributed by atoms with van der Waals surface area (Å²) in [6.45, 7) is 6.61. The van der Waals surface area contributed by atoms with Gasteiger partial charge in [0.1, 0.15) is 11.7 Å². The molecule has 3 saturated heterocycles. The quantitative estimate of drug-likeness (QED) is 0.275. The molecule has 3 aliphatic heterocycles. The Morgan fingerprint density at radius 3 is 1.88 bits per heavy atom. The van der Waals surface area contributed by atoms with E-state index in [0.29, 0.717) is 12.1 Å². The lowest BCUT2D eigenvalue weighted by molar-refractivity contribution is -0.956. The predicted octanol–water partition coefficient (Wildman–Crippen LogP) is 6.01. The highest BCUT2D eigenvalue weighted by atomic mass is 35.5. The van der Waals surface area contributed by atoms with Gasteiger partial charge in [-0.25, -0.2) is 4.79 Å². The molecule has 0 aliphatic carbocycles. The number of quaternary nitrogens is 1. The summed E-state index contributed by atoms with van der Waals surface area (Å²) in [5.41, 5.74) is -0.553. The zero-order valence-corrected chi connectivity index (χ0v) is 21.1. The second kappa shape index (κ2) is 9.64. The lowest BCUT2D eigenvalue weighted by atomic mass is 9.85. The van der Waals surface area contributed by atoms with Crippen molar-refractivity contribution in [2.24, 2.45) is 5.92 Å². The maximum Gasteiger partial charge on any atom is 0.348 e. The Labute approximate surface area is 208 Å². The van der Waals surface area contributed by atoms with Crippen LogP contribution in [0.3, 0.4) is 0 Å². The van der Waals surface area contributed by atoms with Crippen molar-refractivity contribution in [3.8, 4) is 0 Å². The van der Waals surface area contributed by atoms with Crippen molar-refractivity contribution in [2.45, 2.75) is 81.7 Å². The summed E-state index contributed by atoms with van der Waals surface area (Å²) in [5, 5.41) is 0. The third-order valence-corrected chi connectivity index (χ3v) is 9.08. The van der Waals surface area contributed by atoms with E-state index in [9.17, 15) is 4.79 Å². The van der Waals surface area contributed by atoms with Crippen LogP contribution in [0.15, 0.2) is 60.7 Å². The van der Waals surface area contributed by atoms with Gasteiger partial charge in [0, 0.05) is 38.5 Å². The molecule has 0 amide bonds. The average Bonchev–Trinajstić information content (AvgIpc) is 3.40. The molecule has 3 unspecified atom stereocenters. The van der Waals surface area contributed by atoms with E-state index in [1.165, 1.54) is 43.3 Å². The van der Waals surface area contributed by atoms with Gasteiger partial charge in [-0.2, -0.15) is 0 Å². The van der Waals surface area contributed by atoms with Crippen LogP contribution >= 0.6 is 11.6 Å². The van der Waals surface area contributed by atoms with E-state index >= 15 is 0 Å². The van der Waals surface area contributed by atoms with Gasteiger partial charge in [-0.05, 0) is 17.0 Å². The lowest BCUT2D eigenvalue weighted by Gasteiger charge is -2.47. The molecule has 182 valence electrons. The fourth-order valence-electron chi connectivity index (χ4n) is 6.78. The van der Waals surface area contributed by atoms with Crippen LogP contribution in [-0.4, -0.2) is 47.3 Å². The molecule has 3 atom stereocenters. The molecule has 0 aromatic heterocycles. The molecule has 0 radical (unpaired) electrons. The van der Waals surface area contributed by atoms with Crippen LogP contribution in [0.1, 0.15) is 63.5 Å². The monoisotopic (exact) mass is 482 g/mol. The van der Waals surface area contributed by atoms with Crippen molar-refractivity contribution in [2.75, 3.05) is 13.1 Å². The van der Waals surface area contributed by atoms with E-state index in [2.05, 4.69) is 0 Å². The number of hydrogen-bond acceptors (Lipinski definition) is 3. The van der Waals surface area contributed by atoms with Crippen LogP contribution in [0.25, 0.3) is 0 Å². The summed E-state index contributed by atoms with van der Waals surface area (Å²) < 4.78 is 14.2. The van der Waals surface area contributed by atoms with E-state index in [4.69, 9.17) is 21.1 Å². The molecule has 2 bridgehead atoms. The van der Waals surface area contributed by atoms with Gasteiger partial charge in [0.25, 0.3) is 0 Å². The summed E-state index contributed by atoms with van der Waals surface area (Å²) in [4.78, 5) is 14.2. The Bertz CT molecular complexity index is 918. The van der Waals surface area contributed by atoms with Gasteiger partial charge in [0.2, 0.25) is 5.60 Å². The largest absolute Gasteiger partial charge is 0.459 e. The molecule has 3 fully saturated rings. The molecular formula is C29H37ClNO3+. The van der Waals surface area contributed by atoms with Crippen LogP contribution in [0.5, 0.6) is 0 Å². The number of nitrogens with zero attached hydrogens (tertiary/aromatic N) is 1. The van der Waals surface area contributed by atoms with Crippen LogP contribution in [-0.2, 0) is 19.9 Å². The minimum Gasteiger partial charge on any atom is -0.459 e. The first-order chi connectivity index (χ1) is 16.5. The fraction of sp³-hybridized carbons (Fsp3) is 0.552. The number of halogens is 1. The van der Waals surface area contributed by atoms with Crippen LogP contribution < -0.4 is 0 Å². The Balaban J connectivity index is 1.48. The maximum atomic E-state index is 14.2. The first kappa shape index (κ1) is 23.8. The molecule has 1 spiro atoms. The highest BCUT2D eigenvalue weighted by Crippen LogP contribution is 2.47. The summed E-state index contributed by atoms with van der Waals surface area (Å²) in [7, 11) is 0. The SMILES string of the molecule is CC(C)C(Cl)OC(C(=O)OC1CC2CCC(C1)[N+]21CCCC1)(c1ccccc1)c1ccccc1. The molecule has 0 saturated carbocycles. The normalized spacial score (nSPS) is 26.6. The number of carbonyl (C=O) groups is 1. The number of benzene rings is 2. The summed E-state index contributed by atoms with van der Waals surface area (Å²) in [5.74, 6) is -0.318. The fourth-order valence-corrected chi connectivity index (χ4v) is 6.91. The molecule has 2 aromatic rings. The lowest BCUT2D eigenvalue weighted by Crippen LogP contribution is -2.60. The van der Waals surface area contributed by atoms with Gasteiger partial charge in [-0.15, -0.1) is 0 Å². The number of piperidine rings is 1. The summed E-state index contributed by atoms with van der Waals surface area (Å²) in [6, 6.07) is 20.6. The average molecular weight is 483 g/mol. The van der Waals surface area contributed by atoms with Crippen molar-refractivity contribution in [3.05, 3.63) is 71.8 Å². The smallest absolute Gasteiger partial charge is 0.348 e. The van der Waals surface area contributed by atoms with Gasteiger partial charge >= 0.3 is 5.97 Å². The summed E-state index contributed by atoms with van der Waals surface area (Å²) >= 11 is 6.69. The zero-order valence-electron chi connectivity index (χ0n) is 20.4. The van der Waals surface area contributed by atoms with E-state index in [0.717, 1.165) is 24.0 Å². The third-order valence-electron chi connectivity index (χ3n) is 8.49. The van der Waals surface area contributed by atoms with E-state index in [1.807, 2.05) is 74.5 Å². The minimum absolute atomic E-state index is 0.0336. The number of alkyl halides is 1. The van der Waals surface area contributed by atoms with Gasteiger partial charge in [-0.3, -0.25) is 0 Å². The number of rotatable bonds is 7. The van der Waals surface area contributed by atoms with E-state index in [-0.39, 0.29) is 18.0 Å². The number of esters is 1. The molecule has 4 nitrogen and oxygen atoms in total. The Kier molecular flexibility index (Phi) is 6.76.